The second kappa shape index (κ2) is 6.17. The van der Waals surface area contributed by atoms with Crippen LogP contribution in [0.3, 0.4) is 0 Å². The molecule has 0 bridgehead atoms. The minimum Gasteiger partial charge on any atom is -0.361 e. The summed E-state index contributed by atoms with van der Waals surface area (Å²) in [7, 11) is 0. The summed E-state index contributed by atoms with van der Waals surface area (Å²) < 4.78 is 4.93. The normalized spacial score (nSPS) is 15.8. The van der Waals surface area contributed by atoms with E-state index >= 15 is 0 Å². The van der Waals surface area contributed by atoms with Gasteiger partial charge in [-0.25, -0.2) is 4.98 Å². The van der Waals surface area contributed by atoms with Gasteiger partial charge in [0.25, 0.3) is 5.91 Å². The molecule has 1 amide bonds. The van der Waals surface area contributed by atoms with Gasteiger partial charge in [-0.15, -0.1) is 0 Å². The average molecular weight is 300 g/mol. The van der Waals surface area contributed by atoms with Crippen molar-refractivity contribution >= 4 is 11.7 Å². The summed E-state index contributed by atoms with van der Waals surface area (Å²) in [5.41, 5.74) is 1.51. The molecule has 2 aromatic rings. The van der Waals surface area contributed by atoms with Gasteiger partial charge in [-0.05, 0) is 38.3 Å². The maximum absolute atomic E-state index is 12.1. The number of nitrogens with one attached hydrogen (secondary N) is 1. The van der Waals surface area contributed by atoms with Gasteiger partial charge >= 0.3 is 0 Å². The van der Waals surface area contributed by atoms with E-state index < -0.39 is 0 Å². The van der Waals surface area contributed by atoms with Gasteiger partial charge in [-0.3, -0.25) is 4.79 Å². The van der Waals surface area contributed by atoms with Crippen LogP contribution >= 0.6 is 0 Å². The van der Waals surface area contributed by atoms with Crippen LogP contribution in [0.4, 0.5) is 5.82 Å². The number of anilines is 1. The van der Waals surface area contributed by atoms with Crippen molar-refractivity contribution in [1.29, 1.82) is 0 Å². The Morgan fingerprint density at radius 3 is 2.68 bits per heavy atom. The van der Waals surface area contributed by atoms with Crippen LogP contribution in [0.1, 0.15) is 34.7 Å². The Morgan fingerprint density at radius 1 is 1.32 bits per heavy atom. The molecule has 0 aliphatic carbocycles. The number of carbonyl (C=O) groups is 1. The van der Waals surface area contributed by atoms with Crippen molar-refractivity contribution in [2.24, 2.45) is 0 Å². The second-order valence-electron chi connectivity index (χ2n) is 5.75. The molecule has 6 heteroatoms. The zero-order valence-electron chi connectivity index (χ0n) is 12.9. The van der Waals surface area contributed by atoms with Crippen molar-refractivity contribution < 1.29 is 9.32 Å². The zero-order valence-corrected chi connectivity index (χ0v) is 12.9. The number of aromatic nitrogens is 2. The highest BCUT2D eigenvalue weighted by molar-refractivity contribution is 5.92. The number of carbonyl (C=O) groups excluding carboxylic acids is 1. The Bertz CT molecular complexity index is 642. The van der Waals surface area contributed by atoms with Crippen molar-refractivity contribution in [3.63, 3.8) is 0 Å². The third kappa shape index (κ3) is 3.27. The molecule has 1 aliphatic heterocycles. The van der Waals surface area contributed by atoms with Crippen LogP contribution in [-0.4, -0.2) is 35.2 Å². The molecule has 0 saturated carbocycles. The Kier molecular flexibility index (Phi) is 4.09. The summed E-state index contributed by atoms with van der Waals surface area (Å²) in [6.07, 6.45) is 3.69. The lowest BCUT2D eigenvalue weighted by Crippen LogP contribution is -2.45. The second-order valence-corrected chi connectivity index (χ2v) is 5.75. The van der Waals surface area contributed by atoms with E-state index in [4.69, 9.17) is 4.52 Å². The van der Waals surface area contributed by atoms with Gasteiger partial charge in [0, 0.05) is 31.4 Å². The van der Waals surface area contributed by atoms with Crippen molar-refractivity contribution in [1.82, 2.24) is 15.5 Å². The highest BCUT2D eigenvalue weighted by Crippen LogP contribution is 2.18. The summed E-state index contributed by atoms with van der Waals surface area (Å²) in [4.78, 5) is 18.8. The minimum atomic E-state index is -0.163. The van der Waals surface area contributed by atoms with Gasteiger partial charge in [-0.2, -0.15) is 0 Å². The molecular weight excluding hydrogens is 280 g/mol. The summed E-state index contributed by atoms with van der Waals surface area (Å²) >= 11 is 0. The first-order valence-electron chi connectivity index (χ1n) is 7.53. The molecule has 3 rings (SSSR count). The Labute approximate surface area is 129 Å². The molecular formula is C16H20N4O2. The molecule has 1 saturated heterocycles. The molecule has 1 aliphatic rings. The fourth-order valence-electron chi connectivity index (χ4n) is 2.63. The van der Waals surface area contributed by atoms with Gasteiger partial charge in [0.1, 0.15) is 11.6 Å². The van der Waals surface area contributed by atoms with E-state index in [1.54, 1.807) is 13.0 Å². The molecule has 6 nitrogen and oxygen atoms in total. The maximum atomic E-state index is 12.1. The first-order valence-corrected chi connectivity index (χ1v) is 7.53. The van der Waals surface area contributed by atoms with E-state index in [1.807, 2.05) is 19.2 Å². The van der Waals surface area contributed by atoms with Gasteiger partial charge < -0.3 is 14.7 Å². The number of hydrogen-bond donors (Lipinski definition) is 1. The van der Waals surface area contributed by atoms with E-state index in [-0.39, 0.29) is 11.9 Å². The van der Waals surface area contributed by atoms with Gasteiger partial charge in [0.15, 0.2) is 5.69 Å². The standard InChI is InChI=1S/C16H20N4O2/c1-11-3-4-15(17-10-11)20-7-5-13(6-8-20)18-16(21)14-9-12(2)22-19-14/h3-4,9-10,13H,5-8H2,1-2H3,(H,18,21). The zero-order chi connectivity index (χ0) is 15.5. The lowest BCUT2D eigenvalue weighted by atomic mass is 10.0. The SMILES string of the molecule is Cc1ccc(N2CCC(NC(=O)c3cc(C)on3)CC2)nc1. The predicted molar refractivity (Wildman–Crippen MR) is 82.9 cm³/mol. The van der Waals surface area contributed by atoms with E-state index in [2.05, 4.69) is 26.4 Å². The van der Waals surface area contributed by atoms with E-state index in [0.29, 0.717) is 11.5 Å². The Hall–Kier alpha value is -2.37. The van der Waals surface area contributed by atoms with Crippen LogP contribution in [0.2, 0.25) is 0 Å². The minimum absolute atomic E-state index is 0.163. The summed E-state index contributed by atoms with van der Waals surface area (Å²) in [6, 6.07) is 5.95. The van der Waals surface area contributed by atoms with Gasteiger partial charge in [0.05, 0.1) is 0 Å². The lowest BCUT2D eigenvalue weighted by Gasteiger charge is -2.33. The molecule has 0 unspecified atom stereocenters. The highest BCUT2D eigenvalue weighted by Gasteiger charge is 2.22. The monoisotopic (exact) mass is 300 g/mol. The smallest absolute Gasteiger partial charge is 0.273 e. The highest BCUT2D eigenvalue weighted by atomic mass is 16.5. The quantitative estimate of drug-likeness (QED) is 0.939. The number of amides is 1. The first kappa shape index (κ1) is 14.6. The molecule has 1 N–H and O–H groups in total. The van der Waals surface area contributed by atoms with E-state index in [0.717, 1.165) is 37.3 Å². The fourth-order valence-corrected chi connectivity index (χ4v) is 2.63. The number of hydrogen-bond acceptors (Lipinski definition) is 5. The van der Waals surface area contributed by atoms with E-state index in [1.165, 1.54) is 0 Å². The molecule has 0 radical (unpaired) electrons. The largest absolute Gasteiger partial charge is 0.361 e. The Morgan fingerprint density at radius 2 is 2.09 bits per heavy atom. The van der Waals surface area contributed by atoms with Gasteiger partial charge in [-0.1, -0.05) is 11.2 Å². The summed E-state index contributed by atoms with van der Waals surface area (Å²) in [5.74, 6) is 1.48. The van der Waals surface area contributed by atoms with Crippen molar-refractivity contribution in [2.75, 3.05) is 18.0 Å². The van der Waals surface area contributed by atoms with Crippen molar-refractivity contribution in [3.8, 4) is 0 Å². The molecule has 3 heterocycles. The number of pyridine rings is 1. The topological polar surface area (TPSA) is 71.3 Å². The molecule has 0 aromatic carbocycles. The molecule has 0 atom stereocenters. The number of piperidine rings is 1. The summed E-state index contributed by atoms with van der Waals surface area (Å²) in [5, 5.41) is 6.77. The average Bonchev–Trinajstić information content (AvgIpc) is 2.96. The number of rotatable bonds is 3. The Balaban J connectivity index is 1.53. The molecule has 116 valence electrons. The molecule has 0 spiro atoms. The lowest BCUT2D eigenvalue weighted by molar-refractivity contribution is 0.0922. The third-order valence-electron chi connectivity index (χ3n) is 3.91. The predicted octanol–water partition coefficient (Wildman–Crippen LogP) is 2.09. The van der Waals surface area contributed by atoms with Crippen LogP contribution in [-0.2, 0) is 0 Å². The summed E-state index contributed by atoms with van der Waals surface area (Å²) in [6.45, 7) is 5.58. The van der Waals surface area contributed by atoms with Crippen LogP contribution in [0.5, 0.6) is 0 Å². The molecule has 2 aromatic heterocycles. The van der Waals surface area contributed by atoms with Crippen LogP contribution in [0, 0.1) is 13.8 Å². The van der Waals surface area contributed by atoms with Crippen LogP contribution in [0.25, 0.3) is 0 Å². The van der Waals surface area contributed by atoms with Crippen molar-refractivity contribution in [3.05, 3.63) is 41.4 Å². The van der Waals surface area contributed by atoms with Crippen LogP contribution < -0.4 is 10.2 Å². The molecule has 22 heavy (non-hydrogen) atoms. The van der Waals surface area contributed by atoms with Crippen LogP contribution in [0.15, 0.2) is 28.9 Å². The maximum Gasteiger partial charge on any atom is 0.273 e. The van der Waals surface area contributed by atoms with Gasteiger partial charge in [0.2, 0.25) is 0 Å². The fraction of sp³-hybridized carbons (Fsp3) is 0.438. The number of aryl methyl sites for hydroxylation is 2. The van der Waals surface area contributed by atoms with Crippen molar-refractivity contribution in [2.45, 2.75) is 32.7 Å². The third-order valence-corrected chi connectivity index (χ3v) is 3.91. The number of nitrogens with zero attached hydrogens (tertiary/aromatic N) is 3. The van der Waals surface area contributed by atoms with E-state index in [9.17, 15) is 4.79 Å². The molecule has 1 fully saturated rings. The first-order chi connectivity index (χ1) is 10.6.